The second kappa shape index (κ2) is 9.69. The third kappa shape index (κ3) is 5.06. The van der Waals surface area contributed by atoms with Gasteiger partial charge in [0.2, 0.25) is 11.8 Å². The average Bonchev–Trinajstić information content (AvgIpc) is 3.60. The summed E-state index contributed by atoms with van der Waals surface area (Å²) in [5.74, 6) is 5.62. The average molecular weight is 477 g/mol. The Kier molecular flexibility index (Phi) is 6.89. The van der Waals surface area contributed by atoms with Crippen LogP contribution >= 0.6 is 23.5 Å². The second-order valence-corrected chi connectivity index (χ2v) is 13.3. The molecule has 0 aromatic rings. The van der Waals surface area contributed by atoms with E-state index in [4.69, 9.17) is 0 Å². The van der Waals surface area contributed by atoms with Crippen molar-refractivity contribution < 1.29 is 9.59 Å². The zero-order chi connectivity index (χ0) is 22.2. The summed E-state index contributed by atoms with van der Waals surface area (Å²) in [7, 11) is 0. The van der Waals surface area contributed by atoms with E-state index in [-0.39, 0.29) is 22.3 Å². The highest BCUT2D eigenvalue weighted by atomic mass is 32.2. The van der Waals surface area contributed by atoms with Crippen LogP contribution in [-0.2, 0) is 9.59 Å². The lowest BCUT2D eigenvalue weighted by atomic mass is 9.89. The predicted molar refractivity (Wildman–Crippen MR) is 133 cm³/mol. The number of amidine groups is 2. The van der Waals surface area contributed by atoms with Crippen molar-refractivity contribution in [1.82, 2.24) is 10.6 Å². The van der Waals surface area contributed by atoms with Gasteiger partial charge >= 0.3 is 0 Å². The number of nitrogens with one attached hydrogen (secondary N) is 2. The van der Waals surface area contributed by atoms with Crippen LogP contribution < -0.4 is 10.6 Å². The zero-order valence-electron chi connectivity index (χ0n) is 19.2. The van der Waals surface area contributed by atoms with Gasteiger partial charge in [0.25, 0.3) is 0 Å². The first-order valence-electron chi connectivity index (χ1n) is 12.5. The Morgan fingerprint density at radius 2 is 1.16 bits per heavy atom. The molecule has 6 nitrogen and oxygen atoms in total. The number of nitrogens with zero attached hydrogens (tertiary/aromatic N) is 2. The summed E-state index contributed by atoms with van der Waals surface area (Å²) in [6, 6.07) is 0. The van der Waals surface area contributed by atoms with Crippen LogP contribution in [-0.4, -0.2) is 45.7 Å². The first-order valence-corrected chi connectivity index (χ1v) is 14.2. The molecule has 6 aliphatic rings. The molecule has 2 aliphatic heterocycles. The molecule has 2 amide bonds. The van der Waals surface area contributed by atoms with Gasteiger partial charge in [0.05, 0.1) is 10.5 Å². The Balaban J connectivity index is 0.000000135. The normalized spacial score (nSPS) is 44.3. The van der Waals surface area contributed by atoms with Crippen LogP contribution in [0.5, 0.6) is 0 Å². The van der Waals surface area contributed by atoms with Crippen molar-refractivity contribution in [3.05, 3.63) is 0 Å². The molecule has 4 bridgehead atoms. The molecule has 8 heteroatoms. The van der Waals surface area contributed by atoms with Gasteiger partial charge in [0.1, 0.15) is 0 Å². The summed E-state index contributed by atoms with van der Waals surface area (Å²) in [6.07, 6.45) is 11.3. The molecule has 4 saturated carbocycles. The first kappa shape index (κ1) is 22.8. The second-order valence-electron chi connectivity index (χ2n) is 10.7. The van der Waals surface area contributed by atoms with Gasteiger partial charge in [0.15, 0.2) is 10.3 Å². The van der Waals surface area contributed by atoms with E-state index < -0.39 is 0 Å². The summed E-state index contributed by atoms with van der Waals surface area (Å²) in [5.41, 5.74) is 0. The number of fused-ring (bicyclic) bond motifs is 4. The zero-order valence-corrected chi connectivity index (χ0v) is 20.9. The molecule has 32 heavy (non-hydrogen) atoms. The molecule has 0 aromatic heterocycles. The van der Waals surface area contributed by atoms with Crippen LogP contribution in [0.25, 0.3) is 0 Å². The summed E-state index contributed by atoms with van der Waals surface area (Å²) in [4.78, 5) is 31.7. The van der Waals surface area contributed by atoms with E-state index in [1.165, 1.54) is 51.4 Å². The number of hydrogen-bond donors (Lipinski definition) is 2. The summed E-state index contributed by atoms with van der Waals surface area (Å²) >= 11 is 3.13. The van der Waals surface area contributed by atoms with E-state index in [0.29, 0.717) is 0 Å². The summed E-state index contributed by atoms with van der Waals surface area (Å²) < 4.78 is 0. The van der Waals surface area contributed by atoms with Gasteiger partial charge in [-0.15, -0.1) is 0 Å². The number of thioether (sulfide) groups is 2. The van der Waals surface area contributed by atoms with E-state index >= 15 is 0 Å². The smallest absolute Gasteiger partial charge is 0.239 e. The van der Waals surface area contributed by atoms with E-state index in [1.54, 1.807) is 23.5 Å². The van der Waals surface area contributed by atoms with Gasteiger partial charge < -0.3 is 10.6 Å². The molecule has 0 spiro atoms. The van der Waals surface area contributed by atoms with Crippen LogP contribution in [0.2, 0.25) is 0 Å². The fourth-order valence-corrected chi connectivity index (χ4v) is 8.29. The lowest BCUT2D eigenvalue weighted by Gasteiger charge is -2.19. The van der Waals surface area contributed by atoms with Gasteiger partial charge in [-0.1, -0.05) is 36.4 Å². The predicted octanol–water partition coefficient (Wildman–Crippen LogP) is 4.06. The minimum atomic E-state index is 0.0405. The van der Waals surface area contributed by atoms with Crippen molar-refractivity contribution in [3.63, 3.8) is 0 Å². The molecule has 6 fully saturated rings. The SMILES string of the molecule is C[C@@H]1SC(=NCC2C[C@@H]3CC[C@H]2C3)NC1=O.C[C@H]1SC(=NCC2C[C@@H]3CC[C@H]2C3)NC1=O. The Bertz CT molecular complexity index is 750. The molecule has 6 rings (SSSR count). The Morgan fingerprint density at radius 3 is 1.44 bits per heavy atom. The standard InChI is InChI=1S/2C12H18N2OS/c2*1-7-11(15)14-12(16-7)13-6-10-5-8-2-3-9(10)4-8/h2*7-10H,2-6H2,1H3,(H,13,14,15)/t7-,8+,9-,10?;7-,8-,9+,10?/m01/s1. The quantitative estimate of drug-likeness (QED) is 0.641. The van der Waals surface area contributed by atoms with Crippen molar-refractivity contribution in [1.29, 1.82) is 0 Å². The maximum Gasteiger partial charge on any atom is 0.239 e. The van der Waals surface area contributed by atoms with Gasteiger partial charge in [-0.3, -0.25) is 19.6 Å². The maximum atomic E-state index is 11.3. The number of carbonyl (C=O) groups excluding carboxylic acids is 2. The molecular formula is C24H36N4O2S2. The summed E-state index contributed by atoms with van der Waals surface area (Å²) in [5, 5.41) is 7.47. The summed E-state index contributed by atoms with van der Waals surface area (Å²) in [6.45, 7) is 5.72. The first-order chi connectivity index (χ1) is 15.4. The van der Waals surface area contributed by atoms with Gasteiger partial charge in [-0.25, -0.2) is 0 Å². The lowest BCUT2D eigenvalue weighted by molar-refractivity contribution is -0.119. The van der Waals surface area contributed by atoms with Crippen molar-refractivity contribution >= 4 is 45.7 Å². The van der Waals surface area contributed by atoms with E-state index in [0.717, 1.165) is 58.9 Å². The fourth-order valence-electron chi connectivity index (χ4n) is 6.67. The van der Waals surface area contributed by atoms with E-state index in [1.807, 2.05) is 13.8 Å². The lowest BCUT2D eigenvalue weighted by Crippen LogP contribution is -2.24. The molecule has 2 heterocycles. The Morgan fingerprint density at radius 1 is 0.719 bits per heavy atom. The third-order valence-electron chi connectivity index (χ3n) is 8.48. The molecule has 2 unspecified atom stereocenters. The minimum absolute atomic E-state index is 0.0405. The molecular weight excluding hydrogens is 440 g/mol. The highest BCUT2D eigenvalue weighted by Crippen LogP contribution is 2.49. The number of carbonyl (C=O) groups is 2. The number of rotatable bonds is 4. The monoisotopic (exact) mass is 476 g/mol. The molecule has 2 saturated heterocycles. The largest absolute Gasteiger partial charge is 0.304 e. The molecule has 0 radical (unpaired) electrons. The number of amides is 2. The van der Waals surface area contributed by atoms with Crippen LogP contribution in [0.15, 0.2) is 9.98 Å². The van der Waals surface area contributed by atoms with Crippen molar-refractivity contribution in [2.24, 2.45) is 45.5 Å². The number of hydrogen-bond acceptors (Lipinski definition) is 6. The van der Waals surface area contributed by atoms with Gasteiger partial charge in [0, 0.05) is 13.1 Å². The van der Waals surface area contributed by atoms with E-state index in [9.17, 15) is 9.59 Å². The van der Waals surface area contributed by atoms with Gasteiger partial charge in [-0.2, -0.15) is 0 Å². The van der Waals surface area contributed by atoms with Crippen molar-refractivity contribution in [3.8, 4) is 0 Å². The van der Waals surface area contributed by atoms with E-state index in [2.05, 4.69) is 20.6 Å². The highest BCUT2D eigenvalue weighted by Gasteiger charge is 2.40. The number of aliphatic imine (C=N–C) groups is 2. The van der Waals surface area contributed by atoms with Gasteiger partial charge in [-0.05, 0) is 87.9 Å². The van der Waals surface area contributed by atoms with Crippen LogP contribution in [0.4, 0.5) is 0 Å². The molecule has 2 N–H and O–H groups in total. The molecule has 8 atom stereocenters. The molecule has 4 aliphatic carbocycles. The highest BCUT2D eigenvalue weighted by molar-refractivity contribution is 8.15. The minimum Gasteiger partial charge on any atom is -0.304 e. The Hall–Kier alpha value is -1.02. The molecule has 176 valence electrons. The van der Waals surface area contributed by atoms with Crippen LogP contribution in [0.3, 0.4) is 0 Å². The molecule has 0 aromatic carbocycles. The fraction of sp³-hybridized carbons (Fsp3) is 0.833. The topological polar surface area (TPSA) is 82.9 Å². The maximum absolute atomic E-state index is 11.3. The Labute approximate surface area is 200 Å². The van der Waals surface area contributed by atoms with Crippen LogP contribution in [0.1, 0.15) is 65.2 Å². The van der Waals surface area contributed by atoms with Crippen LogP contribution in [0, 0.1) is 35.5 Å². The van der Waals surface area contributed by atoms with Crippen molar-refractivity contribution in [2.45, 2.75) is 75.7 Å². The third-order valence-corrected chi connectivity index (χ3v) is 10.5. The van der Waals surface area contributed by atoms with Crippen molar-refractivity contribution in [2.75, 3.05) is 13.1 Å².